The predicted octanol–water partition coefficient (Wildman–Crippen LogP) is 6.17. The molecule has 3 aromatic carbocycles. The lowest BCUT2D eigenvalue weighted by atomic mass is 9.96. The minimum absolute atomic E-state index is 0.279. The zero-order valence-electron chi connectivity index (χ0n) is 24.0. The van der Waals surface area contributed by atoms with E-state index in [0.29, 0.717) is 24.7 Å². The van der Waals surface area contributed by atoms with Crippen molar-refractivity contribution in [3.63, 3.8) is 0 Å². The van der Waals surface area contributed by atoms with Crippen LogP contribution in [-0.4, -0.2) is 68.8 Å². The van der Waals surface area contributed by atoms with Crippen LogP contribution in [0.15, 0.2) is 109 Å². The Bertz CT molecular complexity index is 1260. The second-order valence-corrected chi connectivity index (χ2v) is 9.72. The quantitative estimate of drug-likeness (QED) is 0.109. The standard InChI is InChI=1S/C35H40N2O4/c1-3-40-34(38)19-11-10-14-29-20-21-32(33(28-29)39-2)41-27-13-12-22-36-23-25-37(26-24-36)35(30-15-6-4-7-16-30)31-17-8-5-9-18-31/h4-21,28,35H,3,22-27H2,1-2H3. The van der Waals surface area contributed by atoms with Crippen LogP contribution in [0.25, 0.3) is 6.08 Å². The number of esters is 1. The first kappa shape index (κ1) is 29.8. The Kier molecular flexibility index (Phi) is 11.8. The van der Waals surface area contributed by atoms with Crippen molar-refractivity contribution >= 4 is 12.0 Å². The van der Waals surface area contributed by atoms with Crippen molar-refractivity contribution in [3.05, 3.63) is 126 Å². The number of rotatable bonds is 13. The van der Waals surface area contributed by atoms with E-state index < -0.39 is 0 Å². The summed E-state index contributed by atoms with van der Waals surface area (Å²) in [6.45, 7) is 7.62. The Hall–Kier alpha value is -4.13. The fourth-order valence-electron chi connectivity index (χ4n) is 4.92. The number of carbonyl (C=O) groups is 1. The van der Waals surface area contributed by atoms with Gasteiger partial charge in [0.2, 0.25) is 0 Å². The van der Waals surface area contributed by atoms with E-state index in [9.17, 15) is 4.79 Å². The fraction of sp³-hybridized carbons (Fsp3) is 0.286. The zero-order chi connectivity index (χ0) is 28.7. The van der Waals surface area contributed by atoms with Gasteiger partial charge >= 0.3 is 5.97 Å². The van der Waals surface area contributed by atoms with Gasteiger partial charge in [0.05, 0.1) is 19.8 Å². The molecule has 41 heavy (non-hydrogen) atoms. The Labute approximate surface area is 244 Å². The number of allylic oxidation sites excluding steroid dienone is 2. The molecule has 4 rings (SSSR count). The van der Waals surface area contributed by atoms with Gasteiger partial charge in [-0.15, -0.1) is 0 Å². The predicted molar refractivity (Wildman–Crippen MR) is 165 cm³/mol. The molecule has 0 saturated carbocycles. The summed E-state index contributed by atoms with van der Waals surface area (Å²) in [7, 11) is 1.63. The number of methoxy groups -OCH3 is 1. The van der Waals surface area contributed by atoms with Crippen LogP contribution in [0.3, 0.4) is 0 Å². The van der Waals surface area contributed by atoms with E-state index in [1.807, 2.05) is 24.3 Å². The molecule has 0 spiro atoms. The van der Waals surface area contributed by atoms with Crippen LogP contribution >= 0.6 is 0 Å². The minimum Gasteiger partial charge on any atom is -0.493 e. The van der Waals surface area contributed by atoms with Gasteiger partial charge in [-0.2, -0.15) is 0 Å². The molecule has 6 nitrogen and oxygen atoms in total. The summed E-state index contributed by atoms with van der Waals surface area (Å²) in [6, 6.07) is 27.7. The number of piperazine rings is 1. The molecule has 1 aliphatic heterocycles. The second kappa shape index (κ2) is 16.2. The average Bonchev–Trinajstić information content (AvgIpc) is 3.01. The highest BCUT2D eigenvalue weighted by molar-refractivity contribution is 5.82. The highest BCUT2D eigenvalue weighted by Crippen LogP contribution is 2.30. The molecule has 3 aromatic rings. The summed E-state index contributed by atoms with van der Waals surface area (Å²) in [5, 5.41) is 0. The number of benzene rings is 3. The molecule has 1 saturated heterocycles. The van der Waals surface area contributed by atoms with Gasteiger partial charge in [0.1, 0.15) is 6.61 Å². The number of carbonyl (C=O) groups excluding carboxylic acids is 1. The maximum Gasteiger partial charge on any atom is 0.330 e. The van der Waals surface area contributed by atoms with Gasteiger partial charge in [-0.3, -0.25) is 9.80 Å². The van der Waals surface area contributed by atoms with Crippen LogP contribution in [0.2, 0.25) is 0 Å². The summed E-state index contributed by atoms with van der Waals surface area (Å²) in [5.74, 6) is 1.00. The van der Waals surface area contributed by atoms with Gasteiger partial charge in [-0.1, -0.05) is 97.1 Å². The largest absolute Gasteiger partial charge is 0.493 e. The molecule has 0 aliphatic carbocycles. The highest BCUT2D eigenvalue weighted by Gasteiger charge is 2.25. The van der Waals surface area contributed by atoms with E-state index in [1.165, 1.54) is 17.2 Å². The van der Waals surface area contributed by atoms with E-state index in [4.69, 9.17) is 14.2 Å². The number of ether oxygens (including phenoxy) is 3. The maximum absolute atomic E-state index is 11.4. The van der Waals surface area contributed by atoms with Crippen LogP contribution in [-0.2, 0) is 9.53 Å². The lowest BCUT2D eigenvalue weighted by molar-refractivity contribution is -0.137. The molecule has 214 valence electrons. The molecule has 0 bridgehead atoms. The average molecular weight is 553 g/mol. The molecule has 0 radical (unpaired) electrons. The van der Waals surface area contributed by atoms with E-state index >= 15 is 0 Å². The van der Waals surface area contributed by atoms with E-state index in [1.54, 1.807) is 26.2 Å². The van der Waals surface area contributed by atoms with Crippen molar-refractivity contribution in [1.82, 2.24) is 9.80 Å². The van der Waals surface area contributed by atoms with Gasteiger partial charge in [0.15, 0.2) is 11.5 Å². The molecule has 1 heterocycles. The zero-order valence-corrected chi connectivity index (χ0v) is 24.0. The maximum atomic E-state index is 11.4. The summed E-state index contributed by atoms with van der Waals surface area (Å²) in [4.78, 5) is 16.5. The first-order chi connectivity index (χ1) is 20.2. The molecular formula is C35H40N2O4. The van der Waals surface area contributed by atoms with Crippen molar-refractivity contribution in [2.24, 2.45) is 0 Å². The topological polar surface area (TPSA) is 51.2 Å². The monoisotopic (exact) mass is 552 g/mol. The molecule has 0 N–H and O–H groups in total. The first-order valence-corrected chi connectivity index (χ1v) is 14.2. The molecular weight excluding hydrogens is 512 g/mol. The van der Waals surface area contributed by atoms with Crippen LogP contribution < -0.4 is 9.47 Å². The van der Waals surface area contributed by atoms with Crippen molar-refractivity contribution < 1.29 is 19.0 Å². The number of nitrogens with zero attached hydrogens (tertiary/aromatic N) is 2. The van der Waals surface area contributed by atoms with Gasteiger partial charge in [-0.05, 0) is 35.7 Å². The molecule has 0 aromatic heterocycles. The molecule has 6 heteroatoms. The van der Waals surface area contributed by atoms with Gasteiger partial charge in [-0.25, -0.2) is 4.79 Å². The number of hydrogen-bond donors (Lipinski definition) is 0. The van der Waals surface area contributed by atoms with Crippen LogP contribution in [0, 0.1) is 0 Å². The van der Waals surface area contributed by atoms with Crippen LogP contribution in [0.4, 0.5) is 0 Å². The molecule has 0 atom stereocenters. The Balaban J connectivity index is 1.24. The third-order valence-corrected chi connectivity index (χ3v) is 6.97. The summed E-state index contributed by atoms with van der Waals surface area (Å²) < 4.78 is 16.4. The van der Waals surface area contributed by atoms with Crippen molar-refractivity contribution in [3.8, 4) is 11.5 Å². The second-order valence-electron chi connectivity index (χ2n) is 9.72. The molecule has 1 fully saturated rings. The summed E-state index contributed by atoms with van der Waals surface area (Å²) in [6.07, 6.45) is 11.0. The SMILES string of the molecule is CCOC(=O)C=CC=Cc1ccc(OCC=CCN2CCN(C(c3ccccc3)c3ccccc3)CC2)c(OC)c1. The lowest BCUT2D eigenvalue weighted by Gasteiger charge is -2.39. The van der Waals surface area contributed by atoms with E-state index in [-0.39, 0.29) is 12.0 Å². The van der Waals surface area contributed by atoms with Gasteiger partial charge in [0, 0.05) is 38.8 Å². The Morgan fingerprint density at radius 1 is 0.854 bits per heavy atom. The Morgan fingerprint density at radius 2 is 1.54 bits per heavy atom. The van der Waals surface area contributed by atoms with Crippen molar-refractivity contribution in [2.75, 3.05) is 53.0 Å². The first-order valence-electron chi connectivity index (χ1n) is 14.2. The normalized spacial score (nSPS) is 14.8. The van der Waals surface area contributed by atoms with E-state index in [2.05, 4.69) is 82.6 Å². The van der Waals surface area contributed by atoms with Crippen molar-refractivity contribution in [1.29, 1.82) is 0 Å². The smallest absolute Gasteiger partial charge is 0.330 e. The molecule has 1 aliphatic rings. The van der Waals surface area contributed by atoms with Crippen molar-refractivity contribution in [2.45, 2.75) is 13.0 Å². The van der Waals surface area contributed by atoms with Gasteiger partial charge < -0.3 is 14.2 Å². The van der Waals surface area contributed by atoms with E-state index in [0.717, 1.165) is 38.3 Å². The third-order valence-electron chi connectivity index (χ3n) is 6.97. The third kappa shape index (κ3) is 9.20. The van der Waals surface area contributed by atoms with Gasteiger partial charge in [0.25, 0.3) is 0 Å². The fourth-order valence-corrected chi connectivity index (χ4v) is 4.92. The summed E-state index contributed by atoms with van der Waals surface area (Å²) in [5.41, 5.74) is 3.63. The molecule has 0 unspecified atom stereocenters. The van der Waals surface area contributed by atoms with Crippen LogP contribution in [0.1, 0.15) is 29.7 Å². The Morgan fingerprint density at radius 3 is 2.17 bits per heavy atom. The highest BCUT2D eigenvalue weighted by atomic mass is 16.5. The number of hydrogen-bond acceptors (Lipinski definition) is 6. The van der Waals surface area contributed by atoms with Crippen LogP contribution in [0.5, 0.6) is 11.5 Å². The lowest BCUT2D eigenvalue weighted by Crippen LogP contribution is -2.47. The minimum atomic E-state index is -0.353. The summed E-state index contributed by atoms with van der Waals surface area (Å²) >= 11 is 0. The molecule has 0 amide bonds.